The smallest absolute Gasteiger partial charge is 0.243 e. The largest absolute Gasteiger partial charge is 0.317 e. The summed E-state index contributed by atoms with van der Waals surface area (Å²) in [6, 6.07) is 6.53. The third kappa shape index (κ3) is 2.60. The summed E-state index contributed by atoms with van der Waals surface area (Å²) in [4.78, 5) is 0.302. The van der Waals surface area contributed by atoms with Crippen molar-refractivity contribution in [2.75, 3.05) is 26.2 Å². The molecule has 1 aromatic rings. The second-order valence-electron chi connectivity index (χ2n) is 5.80. The van der Waals surface area contributed by atoms with E-state index in [0.717, 1.165) is 32.4 Å². The molecule has 2 fully saturated rings. The molecule has 0 saturated carbocycles. The molecule has 0 bridgehead atoms. The van der Waals surface area contributed by atoms with Gasteiger partial charge in [0.15, 0.2) is 0 Å². The molecule has 0 atom stereocenters. The van der Waals surface area contributed by atoms with Crippen LogP contribution >= 0.6 is 11.6 Å². The normalized spacial score (nSPS) is 23.2. The first-order valence-electron chi connectivity index (χ1n) is 6.98. The van der Waals surface area contributed by atoms with Crippen LogP contribution in [-0.2, 0) is 10.0 Å². The molecule has 0 aromatic heterocycles. The number of hydrogen-bond donors (Lipinski definition) is 1. The highest BCUT2D eigenvalue weighted by Crippen LogP contribution is 2.40. The molecule has 4 nitrogen and oxygen atoms in total. The molecule has 1 spiro atoms. The zero-order chi connectivity index (χ0) is 14.2. The first-order valence-corrected chi connectivity index (χ1v) is 8.80. The molecule has 1 aromatic carbocycles. The lowest BCUT2D eigenvalue weighted by molar-refractivity contribution is 0.218. The Morgan fingerprint density at radius 1 is 1.20 bits per heavy atom. The second kappa shape index (κ2) is 5.30. The van der Waals surface area contributed by atoms with Crippen LogP contribution < -0.4 is 5.32 Å². The van der Waals surface area contributed by atoms with E-state index in [4.69, 9.17) is 11.6 Å². The molecule has 0 radical (unpaired) electrons. The van der Waals surface area contributed by atoms with Gasteiger partial charge in [0.25, 0.3) is 0 Å². The Balaban J connectivity index is 1.83. The standard InChI is InChI=1S/C14H19ClN2O2S/c15-12-2-1-3-13(10-12)20(18,19)17-9-6-14(11-17)4-7-16-8-5-14/h1-3,10,16H,4-9,11H2. The van der Waals surface area contributed by atoms with Gasteiger partial charge in [-0.15, -0.1) is 0 Å². The van der Waals surface area contributed by atoms with Gasteiger partial charge in [0.2, 0.25) is 10.0 Å². The number of nitrogens with one attached hydrogen (secondary N) is 1. The van der Waals surface area contributed by atoms with Gasteiger partial charge in [-0.25, -0.2) is 8.42 Å². The first-order chi connectivity index (χ1) is 9.52. The van der Waals surface area contributed by atoms with E-state index in [-0.39, 0.29) is 5.41 Å². The van der Waals surface area contributed by atoms with Gasteiger partial charge >= 0.3 is 0 Å². The molecule has 2 saturated heterocycles. The predicted molar refractivity (Wildman–Crippen MR) is 79.4 cm³/mol. The summed E-state index contributed by atoms with van der Waals surface area (Å²) >= 11 is 5.91. The van der Waals surface area contributed by atoms with Crippen LogP contribution in [0, 0.1) is 5.41 Å². The quantitative estimate of drug-likeness (QED) is 0.909. The van der Waals surface area contributed by atoms with Crippen molar-refractivity contribution in [2.24, 2.45) is 5.41 Å². The predicted octanol–water partition coefficient (Wildman–Crippen LogP) is 2.10. The van der Waals surface area contributed by atoms with Crippen LogP contribution in [0.25, 0.3) is 0 Å². The van der Waals surface area contributed by atoms with Gasteiger partial charge in [0.1, 0.15) is 0 Å². The van der Waals surface area contributed by atoms with E-state index < -0.39 is 10.0 Å². The maximum Gasteiger partial charge on any atom is 0.243 e. The number of benzene rings is 1. The van der Waals surface area contributed by atoms with Gasteiger partial charge in [-0.3, -0.25) is 0 Å². The van der Waals surface area contributed by atoms with Gasteiger partial charge < -0.3 is 5.32 Å². The fraction of sp³-hybridized carbons (Fsp3) is 0.571. The third-order valence-corrected chi connectivity index (χ3v) is 6.58. The van der Waals surface area contributed by atoms with Crippen molar-refractivity contribution in [3.05, 3.63) is 29.3 Å². The summed E-state index contributed by atoms with van der Waals surface area (Å²) < 4.78 is 27.0. The van der Waals surface area contributed by atoms with Crippen LogP contribution in [0.4, 0.5) is 0 Å². The van der Waals surface area contributed by atoms with E-state index in [9.17, 15) is 8.42 Å². The van der Waals surface area contributed by atoms with Crippen LogP contribution in [0.5, 0.6) is 0 Å². The Kier molecular flexibility index (Phi) is 3.79. The van der Waals surface area contributed by atoms with E-state index in [1.165, 1.54) is 6.07 Å². The summed E-state index contributed by atoms with van der Waals surface area (Å²) in [7, 11) is -3.41. The molecule has 3 rings (SSSR count). The SMILES string of the molecule is O=S(=O)(c1cccc(Cl)c1)N1CCC2(CCNCC2)C1. The molecule has 2 heterocycles. The molecule has 6 heteroatoms. The van der Waals surface area contributed by atoms with Crippen molar-refractivity contribution in [1.29, 1.82) is 0 Å². The first kappa shape index (κ1) is 14.3. The highest BCUT2D eigenvalue weighted by atomic mass is 35.5. The number of hydrogen-bond acceptors (Lipinski definition) is 3. The van der Waals surface area contributed by atoms with Gasteiger partial charge in [0, 0.05) is 18.1 Å². The zero-order valence-corrected chi connectivity index (χ0v) is 12.9. The zero-order valence-electron chi connectivity index (χ0n) is 11.3. The summed E-state index contributed by atoms with van der Waals surface area (Å²) in [6.45, 7) is 3.24. The number of sulfonamides is 1. The van der Waals surface area contributed by atoms with Crippen molar-refractivity contribution < 1.29 is 8.42 Å². The molecule has 110 valence electrons. The summed E-state index contributed by atoms with van der Waals surface area (Å²) in [6.07, 6.45) is 3.09. The lowest BCUT2D eigenvalue weighted by atomic mass is 9.78. The van der Waals surface area contributed by atoms with Gasteiger partial charge in [-0.1, -0.05) is 17.7 Å². The maximum absolute atomic E-state index is 12.7. The fourth-order valence-electron chi connectivity index (χ4n) is 3.24. The van der Waals surface area contributed by atoms with Crippen molar-refractivity contribution >= 4 is 21.6 Å². The molecule has 0 amide bonds. The van der Waals surface area contributed by atoms with E-state index in [2.05, 4.69) is 5.32 Å². The highest BCUT2D eigenvalue weighted by Gasteiger charge is 2.43. The van der Waals surface area contributed by atoms with Gasteiger partial charge in [-0.2, -0.15) is 4.31 Å². The number of halogens is 1. The molecule has 0 unspecified atom stereocenters. The maximum atomic E-state index is 12.7. The lowest BCUT2D eigenvalue weighted by Crippen LogP contribution is -2.39. The molecule has 20 heavy (non-hydrogen) atoms. The Labute approximate surface area is 125 Å². The molecule has 2 aliphatic rings. The van der Waals surface area contributed by atoms with E-state index in [1.54, 1.807) is 22.5 Å². The molecule has 0 aliphatic carbocycles. The van der Waals surface area contributed by atoms with E-state index in [0.29, 0.717) is 23.0 Å². The number of piperidine rings is 1. The Morgan fingerprint density at radius 3 is 2.65 bits per heavy atom. The van der Waals surface area contributed by atoms with Crippen LogP contribution in [0.15, 0.2) is 29.2 Å². The van der Waals surface area contributed by atoms with Crippen molar-refractivity contribution in [3.63, 3.8) is 0 Å². The minimum absolute atomic E-state index is 0.177. The molecular weight excluding hydrogens is 296 g/mol. The van der Waals surface area contributed by atoms with Crippen LogP contribution in [0.2, 0.25) is 5.02 Å². The summed E-state index contributed by atoms with van der Waals surface area (Å²) in [5.74, 6) is 0. The Morgan fingerprint density at radius 2 is 1.95 bits per heavy atom. The average molecular weight is 315 g/mol. The van der Waals surface area contributed by atoms with Gasteiger partial charge in [0.05, 0.1) is 4.90 Å². The lowest BCUT2D eigenvalue weighted by Gasteiger charge is -2.33. The Hall–Kier alpha value is -0.620. The second-order valence-corrected chi connectivity index (χ2v) is 8.17. The molecular formula is C14H19ClN2O2S. The highest BCUT2D eigenvalue weighted by molar-refractivity contribution is 7.89. The van der Waals surface area contributed by atoms with Crippen LogP contribution in [0.3, 0.4) is 0 Å². The van der Waals surface area contributed by atoms with E-state index >= 15 is 0 Å². The monoisotopic (exact) mass is 314 g/mol. The van der Waals surface area contributed by atoms with Gasteiger partial charge in [-0.05, 0) is 56.0 Å². The fourth-order valence-corrected chi connectivity index (χ4v) is 5.10. The minimum atomic E-state index is -3.41. The van der Waals surface area contributed by atoms with Crippen molar-refractivity contribution in [3.8, 4) is 0 Å². The minimum Gasteiger partial charge on any atom is -0.317 e. The average Bonchev–Trinajstić information content (AvgIpc) is 2.84. The van der Waals surface area contributed by atoms with Crippen molar-refractivity contribution in [2.45, 2.75) is 24.2 Å². The Bertz CT molecular complexity index is 597. The van der Waals surface area contributed by atoms with Crippen LogP contribution in [0.1, 0.15) is 19.3 Å². The summed E-state index contributed by atoms with van der Waals surface area (Å²) in [5.41, 5.74) is 0.177. The number of nitrogens with zero attached hydrogens (tertiary/aromatic N) is 1. The molecule has 2 aliphatic heterocycles. The van der Waals surface area contributed by atoms with E-state index in [1.807, 2.05) is 0 Å². The summed E-state index contributed by atoms with van der Waals surface area (Å²) in [5, 5.41) is 3.80. The molecule has 1 N–H and O–H groups in total. The van der Waals surface area contributed by atoms with Crippen LogP contribution in [-0.4, -0.2) is 38.9 Å². The number of rotatable bonds is 2. The topological polar surface area (TPSA) is 49.4 Å². The van der Waals surface area contributed by atoms with Crippen molar-refractivity contribution in [1.82, 2.24) is 9.62 Å². The third-order valence-electron chi connectivity index (χ3n) is 4.50.